The van der Waals surface area contributed by atoms with Crippen LogP contribution in [0.2, 0.25) is 0 Å². The van der Waals surface area contributed by atoms with Crippen molar-refractivity contribution in [2.45, 2.75) is 32.4 Å². The van der Waals surface area contributed by atoms with Crippen molar-refractivity contribution in [2.75, 3.05) is 11.9 Å². The Hall–Kier alpha value is -3.19. The Morgan fingerprint density at radius 3 is 2.93 bits per heavy atom. The lowest BCUT2D eigenvalue weighted by Crippen LogP contribution is -2.39. The minimum absolute atomic E-state index is 0.245. The van der Waals surface area contributed by atoms with Gasteiger partial charge in [0.05, 0.1) is 6.04 Å². The number of nitrogens with zero attached hydrogens (tertiary/aromatic N) is 3. The molecule has 7 heteroatoms. The second-order valence-corrected chi connectivity index (χ2v) is 7.24. The van der Waals surface area contributed by atoms with Gasteiger partial charge >= 0.3 is 0 Å². The van der Waals surface area contributed by atoms with Gasteiger partial charge in [0.1, 0.15) is 11.3 Å². The summed E-state index contributed by atoms with van der Waals surface area (Å²) < 4.78 is 1.83. The van der Waals surface area contributed by atoms with Crippen LogP contribution >= 0.6 is 0 Å². The van der Waals surface area contributed by atoms with Crippen LogP contribution in [0.1, 0.15) is 34.5 Å². The monoisotopic (exact) mass is 377 g/mol. The Morgan fingerprint density at radius 2 is 2.11 bits per heavy atom. The van der Waals surface area contributed by atoms with E-state index >= 15 is 0 Å². The van der Waals surface area contributed by atoms with E-state index in [1.165, 1.54) is 0 Å². The molecule has 4 rings (SSSR count). The summed E-state index contributed by atoms with van der Waals surface area (Å²) in [5.74, 6) is -0.555. The fraction of sp³-hybridized carbons (Fsp3) is 0.286. The van der Waals surface area contributed by atoms with E-state index in [1.807, 2.05) is 53.9 Å². The number of imidazole rings is 1. The van der Waals surface area contributed by atoms with Crippen molar-refractivity contribution in [3.05, 3.63) is 65.6 Å². The van der Waals surface area contributed by atoms with E-state index in [2.05, 4.69) is 15.2 Å². The molecule has 28 heavy (non-hydrogen) atoms. The van der Waals surface area contributed by atoms with Gasteiger partial charge < -0.3 is 15.5 Å². The topological polar surface area (TPSA) is 92.7 Å². The van der Waals surface area contributed by atoms with Crippen LogP contribution in [0.5, 0.6) is 0 Å². The van der Waals surface area contributed by atoms with Crippen molar-refractivity contribution in [1.82, 2.24) is 14.3 Å². The van der Waals surface area contributed by atoms with Crippen molar-refractivity contribution in [2.24, 2.45) is 5.73 Å². The van der Waals surface area contributed by atoms with Gasteiger partial charge in [0.2, 0.25) is 5.91 Å². The molecule has 0 spiro atoms. The zero-order valence-electron chi connectivity index (χ0n) is 15.8. The number of hydrogen-bond donors (Lipinski definition) is 2. The second-order valence-electron chi connectivity index (χ2n) is 7.24. The molecular formula is C21H23N5O2. The van der Waals surface area contributed by atoms with Gasteiger partial charge in [-0.1, -0.05) is 18.2 Å². The molecule has 0 radical (unpaired) electrons. The number of rotatable bonds is 5. The van der Waals surface area contributed by atoms with E-state index in [0.29, 0.717) is 12.2 Å². The van der Waals surface area contributed by atoms with Gasteiger partial charge in [-0.25, -0.2) is 4.98 Å². The molecule has 7 nitrogen and oxygen atoms in total. The predicted molar refractivity (Wildman–Crippen MR) is 107 cm³/mol. The number of likely N-dealkylation sites (tertiary alicyclic amines) is 1. The van der Waals surface area contributed by atoms with E-state index in [9.17, 15) is 9.59 Å². The zero-order chi connectivity index (χ0) is 19.7. The van der Waals surface area contributed by atoms with Crippen LogP contribution in [-0.4, -0.2) is 38.7 Å². The summed E-state index contributed by atoms with van der Waals surface area (Å²) in [6, 6.07) is 11.3. The lowest BCUT2D eigenvalue weighted by molar-refractivity contribution is -0.122. The molecular weight excluding hydrogens is 354 g/mol. The third kappa shape index (κ3) is 3.61. The van der Waals surface area contributed by atoms with E-state index in [-0.39, 0.29) is 17.9 Å². The lowest BCUT2D eigenvalue weighted by Gasteiger charge is -2.23. The van der Waals surface area contributed by atoms with Crippen LogP contribution in [0.15, 0.2) is 48.8 Å². The molecule has 1 aliphatic heterocycles. The number of nitrogens with two attached hydrogens (primary N) is 1. The molecule has 0 aliphatic carbocycles. The Kier molecular flexibility index (Phi) is 4.83. The Labute approximate surface area is 163 Å². The Bertz CT molecular complexity index is 1040. The molecule has 3 aromatic rings. The minimum atomic E-state index is -0.293. The van der Waals surface area contributed by atoms with E-state index in [4.69, 9.17) is 5.73 Å². The highest BCUT2D eigenvalue weighted by molar-refractivity contribution is 6.03. The molecule has 144 valence electrons. The number of carbonyl (C=O) groups excluding carboxylic acids is 2. The molecule has 3 N–H and O–H groups in total. The fourth-order valence-corrected chi connectivity index (χ4v) is 3.72. The minimum Gasteiger partial charge on any atom is -0.368 e. The SMILES string of the molecule is Cc1ccn2cc(C(=O)Nc3ccccc3CN3CCCC3C(N)=O)nc2c1. The quantitative estimate of drug-likeness (QED) is 0.714. The average molecular weight is 377 g/mol. The van der Waals surface area contributed by atoms with Crippen LogP contribution in [0, 0.1) is 6.92 Å². The molecule has 1 fully saturated rings. The first-order chi connectivity index (χ1) is 13.5. The summed E-state index contributed by atoms with van der Waals surface area (Å²) >= 11 is 0. The highest BCUT2D eigenvalue weighted by Gasteiger charge is 2.29. The molecule has 2 amide bonds. The molecule has 0 bridgehead atoms. The van der Waals surface area contributed by atoms with Crippen molar-refractivity contribution in [1.29, 1.82) is 0 Å². The van der Waals surface area contributed by atoms with Crippen LogP contribution in [0.4, 0.5) is 5.69 Å². The maximum atomic E-state index is 12.8. The van der Waals surface area contributed by atoms with Gasteiger partial charge in [0.25, 0.3) is 5.91 Å². The number of hydrogen-bond acceptors (Lipinski definition) is 4. The van der Waals surface area contributed by atoms with Crippen LogP contribution < -0.4 is 11.1 Å². The molecule has 1 aromatic carbocycles. The number of nitrogens with one attached hydrogen (secondary N) is 1. The van der Waals surface area contributed by atoms with Gasteiger partial charge in [-0.3, -0.25) is 14.5 Å². The molecule has 1 unspecified atom stereocenters. The van der Waals surface area contributed by atoms with Gasteiger partial charge in [-0.15, -0.1) is 0 Å². The van der Waals surface area contributed by atoms with Gasteiger partial charge in [0.15, 0.2) is 0 Å². The number of para-hydroxylation sites is 1. The summed E-state index contributed by atoms with van der Waals surface area (Å²) in [6.45, 7) is 3.37. The summed E-state index contributed by atoms with van der Waals surface area (Å²) in [4.78, 5) is 30.9. The first kappa shape index (κ1) is 18.2. The number of anilines is 1. The third-order valence-electron chi connectivity index (χ3n) is 5.18. The average Bonchev–Trinajstić information content (AvgIpc) is 3.29. The first-order valence-corrected chi connectivity index (χ1v) is 9.39. The summed E-state index contributed by atoms with van der Waals surface area (Å²) in [7, 11) is 0. The van der Waals surface area contributed by atoms with Gasteiger partial charge in [0, 0.05) is 24.6 Å². The van der Waals surface area contributed by atoms with Gasteiger partial charge in [-0.2, -0.15) is 0 Å². The predicted octanol–water partition coefficient (Wildman–Crippen LogP) is 2.34. The zero-order valence-corrected chi connectivity index (χ0v) is 15.8. The van der Waals surface area contributed by atoms with E-state index in [0.717, 1.165) is 41.8 Å². The number of benzene rings is 1. The second kappa shape index (κ2) is 7.44. The molecule has 3 heterocycles. The van der Waals surface area contributed by atoms with E-state index in [1.54, 1.807) is 6.20 Å². The maximum Gasteiger partial charge on any atom is 0.275 e. The smallest absolute Gasteiger partial charge is 0.275 e. The summed E-state index contributed by atoms with van der Waals surface area (Å²) in [5, 5.41) is 2.96. The number of aromatic nitrogens is 2. The van der Waals surface area contributed by atoms with Crippen molar-refractivity contribution in [3.8, 4) is 0 Å². The van der Waals surface area contributed by atoms with Crippen LogP contribution in [0.25, 0.3) is 5.65 Å². The molecule has 0 saturated carbocycles. The number of primary amides is 1. The van der Waals surface area contributed by atoms with Crippen molar-refractivity contribution in [3.63, 3.8) is 0 Å². The third-order valence-corrected chi connectivity index (χ3v) is 5.18. The first-order valence-electron chi connectivity index (χ1n) is 9.39. The lowest BCUT2D eigenvalue weighted by atomic mass is 10.1. The summed E-state index contributed by atoms with van der Waals surface area (Å²) in [6.07, 6.45) is 5.34. The number of pyridine rings is 1. The molecule has 1 saturated heterocycles. The van der Waals surface area contributed by atoms with Crippen LogP contribution in [-0.2, 0) is 11.3 Å². The van der Waals surface area contributed by atoms with Gasteiger partial charge in [-0.05, 0) is 55.6 Å². The standard InChI is InChI=1S/C21H23N5O2/c1-14-8-10-26-13-17(23-19(26)11-14)21(28)24-16-6-3-2-5-15(16)12-25-9-4-7-18(25)20(22)27/h2-3,5-6,8,10-11,13,18H,4,7,9,12H2,1H3,(H2,22,27)(H,24,28). The maximum absolute atomic E-state index is 12.8. The highest BCUT2D eigenvalue weighted by Crippen LogP contribution is 2.24. The largest absolute Gasteiger partial charge is 0.368 e. The highest BCUT2D eigenvalue weighted by atomic mass is 16.2. The summed E-state index contributed by atoms with van der Waals surface area (Å²) in [5.41, 5.74) is 9.37. The van der Waals surface area contributed by atoms with Crippen LogP contribution in [0.3, 0.4) is 0 Å². The number of fused-ring (bicyclic) bond motifs is 1. The number of carbonyl (C=O) groups is 2. The number of amides is 2. The van der Waals surface area contributed by atoms with E-state index < -0.39 is 0 Å². The normalized spacial score (nSPS) is 17.1. The Morgan fingerprint density at radius 1 is 1.29 bits per heavy atom. The molecule has 2 aromatic heterocycles. The fourth-order valence-electron chi connectivity index (χ4n) is 3.72. The Balaban J connectivity index is 1.54. The van der Waals surface area contributed by atoms with Crippen molar-refractivity contribution < 1.29 is 9.59 Å². The molecule has 1 atom stereocenters. The number of aryl methyl sites for hydroxylation is 1. The molecule has 1 aliphatic rings. The van der Waals surface area contributed by atoms with Crippen molar-refractivity contribution >= 4 is 23.1 Å².